The van der Waals surface area contributed by atoms with Crippen LogP contribution in [0.5, 0.6) is 0 Å². The van der Waals surface area contributed by atoms with Crippen molar-refractivity contribution in [3.63, 3.8) is 0 Å². The Morgan fingerprint density at radius 2 is 2.05 bits per heavy atom. The molecule has 2 heterocycles. The molecule has 0 saturated carbocycles. The van der Waals surface area contributed by atoms with E-state index in [2.05, 4.69) is 67.0 Å². The SMILES string of the molecule is Cc1ccccc1C1CCCN1Cc1noc(C(C)(C)C)n1. The van der Waals surface area contributed by atoms with Gasteiger partial charge in [-0.25, -0.2) is 0 Å². The molecule has 0 N–H and O–H groups in total. The van der Waals surface area contributed by atoms with Gasteiger partial charge in [0, 0.05) is 11.5 Å². The first-order chi connectivity index (χ1) is 10.4. The van der Waals surface area contributed by atoms with Crippen LogP contribution in [0.25, 0.3) is 0 Å². The molecule has 4 nitrogen and oxygen atoms in total. The fraction of sp³-hybridized carbons (Fsp3) is 0.556. The molecule has 4 heteroatoms. The van der Waals surface area contributed by atoms with E-state index in [4.69, 9.17) is 4.52 Å². The molecule has 0 spiro atoms. The maximum absolute atomic E-state index is 5.42. The highest BCUT2D eigenvalue weighted by atomic mass is 16.5. The van der Waals surface area contributed by atoms with Gasteiger partial charge in [0.25, 0.3) is 0 Å². The van der Waals surface area contributed by atoms with Crippen LogP contribution in [0.15, 0.2) is 28.8 Å². The van der Waals surface area contributed by atoms with E-state index in [-0.39, 0.29) is 5.41 Å². The Hall–Kier alpha value is -1.68. The van der Waals surface area contributed by atoms with E-state index in [1.807, 2.05) is 0 Å². The van der Waals surface area contributed by atoms with E-state index in [1.54, 1.807) is 0 Å². The van der Waals surface area contributed by atoms with Gasteiger partial charge in [-0.1, -0.05) is 50.2 Å². The van der Waals surface area contributed by atoms with Crippen molar-refractivity contribution in [2.45, 2.75) is 58.5 Å². The lowest BCUT2D eigenvalue weighted by Crippen LogP contribution is -2.24. The van der Waals surface area contributed by atoms with Crippen LogP contribution in [0.1, 0.15) is 62.5 Å². The van der Waals surface area contributed by atoms with Gasteiger partial charge in [-0.15, -0.1) is 0 Å². The van der Waals surface area contributed by atoms with Gasteiger partial charge in [0.05, 0.1) is 6.54 Å². The van der Waals surface area contributed by atoms with E-state index in [9.17, 15) is 0 Å². The Balaban J connectivity index is 1.77. The Kier molecular flexibility index (Phi) is 4.04. The Bertz CT molecular complexity index is 642. The molecule has 1 fully saturated rings. The number of benzene rings is 1. The van der Waals surface area contributed by atoms with Crippen molar-refractivity contribution in [3.8, 4) is 0 Å². The van der Waals surface area contributed by atoms with Gasteiger partial charge in [-0.3, -0.25) is 4.90 Å². The molecule has 1 aromatic carbocycles. The zero-order valence-electron chi connectivity index (χ0n) is 14.0. The zero-order chi connectivity index (χ0) is 15.7. The average molecular weight is 299 g/mol. The van der Waals surface area contributed by atoms with Crippen molar-refractivity contribution in [2.75, 3.05) is 6.54 Å². The molecule has 1 atom stereocenters. The topological polar surface area (TPSA) is 42.2 Å². The first-order valence-corrected chi connectivity index (χ1v) is 8.08. The highest BCUT2D eigenvalue weighted by molar-refractivity contribution is 5.29. The minimum absolute atomic E-state index is 0.0916. The van der Waals surface area contributed by atoms with E-state index in [0.717, 1.165) is 18.9 Å². The molecule has 3 rings (SSSR count). The van der Waals surface area contributed by atoms with Crippen LogP contribution in [0.4, 0.5) is 0 Å². The van der Waals surface area contributed by atoms with Crippen molar-refractivity contribution in [3.05, 3.63) is 47.1 Å². The number of nitrogens with zero attached hydrogens (tertiary/aromatic N) is 3. The molecular weight excluding hydrogens is 274 g/mol. The van der Waals surface area contributed by atoms with Crippen molar-refractivity contribution in [1.29, 1.82) is 0 Å². The lowest BCUT2D eigenvalue weighted by molar-refractivity contribution is 0.236. The van der Waals surface area contributed by atoms with Gasteiger partial charge < -0.3 is 4.52 Å². The van der Waals surface area contributed by atoms with Crippen LogP contribution >= 0.6 is 0 Å². The summed E-state index contributed by atoms with van der Waals surface area (Å²) in [6.45, 7) is 10.3. The second-order valence-electron chi connectivity index (χ2n) is 7.25. The maximum atomic E-state index is 5.42. The molecule has 1 saturated heterocycles. The van der Waals surface area contributed by atoms with Gasteiger partial charge >= 0.3 is 0 Å². The van der Waals surface area contributed by atoms with Gasteiger partial charge in [0.1, 0.15) is 0 Å². The van der Waals surface area contributed by atoms with Gasteiger partial charge in [-0.05, 0) is 37.4 Å². The monoisotopic (exact) mass is 299 g/mol. The summed E-state index contributed by atoms with van der Waals surface area (Å²) in [7, 11) is 0. The van der Waals surface area contributed by atoms with Gasteiger partial charge in [-0.2, -0.15) is 4.98 Å². The summed E-state index contributed by atoms with van der Waals surface area (Å²) in [6.07, 6.45) is 2.43. The molecule has 1 aliphatic rings. The predicted molar refractivity (Wildman–Crippen MR) is 86.6 cm³/mol. The largest absolute Gasteiger partial charge is 0.339 e. The summed E-state index contributed by atoms with van der Waals surface area (Å²) in [4.78, 5) is 7.05. The van der Waals surface area contributed by atoms with Crippen LogP contribution in [0.2, 0.25) is 0 Å². The normalized spacial score (nSPS) is 19.7. The summed E-state index contributed by atoms with van der Waals surface area (Å²) in [5, 5.41) is 4.17. The smallest absolute Gasteiger partial charge is 0.232 e. The lowest BCUT2D eigenvalue weighted by atomic mass is 9.97. The number of hydrogen-bond acceptors (Lipinski definition) is 4. The number of rotatable bonds is 3. The Morgan fingerprint density at radius 1 is 1.27 bits per heavy atom. The summed E-state index contributed by atoms with van der Waals surface area (Å²) >= 11 is 0. The number of hydrogen-bond donors (Lipinski definition) is 0. The number of aryl methyl sites for hydroxylation is 1. The molecule has 22 heavy (non-hydrogen) atoms. The van der Waals surface area contributed by atoms with Crippen LogP contribution in [-0.4, -0.2) is 21.6 Å². The summed E-state index contributed by atoms with van der Waals surface area (Å²) < 4.78 is 5.42. The predicted octanol–water partition coefficient (Wildman–Crippen LogP) is 4.01. The molecule has 0 radical (unpaired) electrons. The minimum atomic E-state index is -0.0916. The molecule has 1 aromatic heterocycles. The summed E-state index contributed by atoms with van der Waals surface area (Å²) in [6, 6.07) is 9.14. The van der Waals surface area contributed by atoms with Crippen LogP contribution < -0.4 is 0 Å². The summed E-state index contributed by atoms with van der Waals surface area (Å²) in [5.74, 6) is 1.51. The molecule has 1 unspecified atom stereocenters. The van der Waals surface area contributed by atoms with Crippen molar-refractivity contribution in [1.82, 2.24) is 15.0 Å². The van der Waals surface area contributed by atoms with E-state index >= 15 is 0 Å². The zero-order valence-corrected chi connectivity index (χ0v) is 14.0. The first kappa shape index (κ1) is 15.2. The molecule has 0 aliphatic carbocycles. The van der Waals surface area contributed by atoms with E-state index in [1.165, 1.54) is 24.0 Å². The Labute approximate surface area is 132 Å². The molecule has 118 valence electrons. The quantitative estimate of drug-likeness (QED) is 0.858. The lowest BCUT2D eigenvalue weighted by Gasteiger charge is -2.24. The van der Waals surface area contributed by atoms with Crippen LogP contribution in [0, 0.1) is 6.92 Å². The van der Waals surface area contributed by atoms with Gasteiger partial charge in [0.15, 0.2) is 5.82 Å². The fourth-order valence-corrected chi connectivity index (χ4v) is 3.13. The van der Waals surface area contributed by atoms with Gasteiger partial charge in [0.2, 0.25) is 5.89 Å². The van der Waals surface area contributed by atoms with E-state index < -0.39 is 0 Å². The molecule has 1 aliphatic heterocycles. The molecule has 0 amide bonds. The molecular formula is C18H25N3O. The van der Waals surface area contributed by atoms with E-state index in [0.29, 0.717) is 11.9 Å². The fourth-order valence-electron chi connectivity index (χ4n) is 3.13. The third kappa shape index (κ3) is 3.07. The Morgan fingerprint density at radius 3 is 2.73 bits per heavy atom. The highest BCUT2D eigenvalue weighted by Gasteiger charge is 2.29. The average Bonchev–Trinajstić information content (AvgIpc) is 3.09. The third-order valence-corrected chi connectivity index (χ3v) is 4.37. The number of aromatic nitrogens is 2. The third-order valence-electron chi connectivity index (χ3n) is 4.37. The second-order valence-corrected chi connectivity index (χ2v) is 7.25. The first-order valence-electron chi connectivity index (χ1n) is 8.08. The van der Waals surface area contributed by atoms with Crippen molar-refractivity contribution < 1.29 is 4.52 Å². The van der Waals surface area contributed by atoms with Crippen molar-refractivity contribution in [2.24, 2.45) is 0 Å². The van der Waals surface area contributed by atoms with Crippen LogP contribution in [0.3, 0.4) is 0 Å². The minimum Gasteiger partial charge on any atom is -0.339 e. The molecule has 0 bridgehead atoms. The standard InChI is InChI=1S/C18H25N3O/c1-13-8-5-6-9-14(13)15-10-7-11-21(15)12-16-19-17(22-20-16)18(2,3)4/h5-6,8-9,15H,7,10-12H2,1-4H3. The second kappa shape index (κ2) is 5.84. The highest BCUT2D eigenvalue weighted by Crippen LogP contribution is 2.34. The van der Waals surface area contributed by atoms with Crippen LogP contribution in [-0.2, 0) is 12.0 Å². The van der Waals surface area contributed by atoms with Crippen molar-refractivity contribution >= 4 is 0 Å². The maximum Gasteiger partial charge on any atom is 0.232 e. The molecule has 2 aromatic rings. The summed E-state index contributed by atoms with van der Waals surface area (Å²) in [5.41, 5.74) is 2.70. The number of likely N-dealkylation sites (tertiary alicyclic amines) is 1.